The summed E-state index contributed by atoms with van der Waals surface area (Å²) in [6, 6.07) is 30.5. The number of rotatable bonds is 8. The van der Waals surface area contributed by atoms with Crippen LogP contribution in [0.2, 0.25) is 0 Å². The van der Waals surface area contributed by atoms with Gasteiger partial charge in [0.05, 0.1) is 22.1 Å². The highest BCUT2D eigenvalue weighted by Crippen LogP contribution is 2.24. The molecule has 2 aromatic heterocycles. The maximum atomic E-state index is 13.1. The van der Waals surface area contributed by atoms with Crippen LogP contribution in [0.4, 0.5) is 11.4 Å². The Morgan fingerprint density at radius 3 is 1.48 bits per heavy atom. The number of nitrogens with zero attached hydrogens (tertiary/aromatic N) is 2. The molecule has 2 heterocycles. The summed E-state index contributed by atoms with van der Waals surface area (Å²) in [7, 11) is 0. The lowest BCUT2D eigenvalue weighted by Gasteiger charge is -2.16. The summed E-state index contributed by atoms with van der Waals surface area (Å²) in [5, 5.41) is 5.80. The SMILES string of the molecule is CCCC(C(=O)Nc1ccc(-c2nc3ccccc3[nH]2)cc1)C(=O)Nc1ccc(-c2nc3ccccc3[nH]2)cc1. The van der Waals surface area contributed by atoms with Crippen LogP contribution in [-0.2, 0) is 9.59 Å². The number of carbonyl (C=O) groups is 2. The van der Waals surface area contributed by atoms with Crippen LogP contribution in [0.3, 0.4) is 0 Å². The number of imidazole rings is 2. The Morgan fingerprint density at radius 2 is 1.07 bits per heavy atom. The zero-order chi connectivity index (χ0) is 27.5. The minimum absolute atomic E-state index is 0.338. The maximum absolute atomic E-state index is 13.1. The summed E-state index contributed by atoms with van der Waals surface area (Å²) in [6.07, 6.45) is 1.13. The molecular weight excluding hydrogens is 500 g/mol. The molecule has 0 atom stereocenters. The van der Waals surface area contributed by atoms with Crippen LogP contribution in [0.15, 0.2) is 97.1 Å². The Hall–Kier alpha value is -5.24. The van der Waals surface area contributed by atoms with Crippen LogP contribution in [0, 0.1) is 5.92 Å². The van der Waals surface area contributed by atoms with E-state index in [9.17, 15) is 9.59 Å². The summed E-state index contributed by atoms with van der Waals surface area (Å²) in [6.45, 7) is 1.96. The smallest absolute Gasteiger partial charge is 0.236 e. The molecule has 0 aliphatic carbocycles. The van der Waals surface area contributed by atoms with E-state index in [4.69, 9.17) is 0 Å². The number of aromatic amines is 2. The highest BCUT2D eigenvalue weighted by atomic mass is 16.2. The molecule has 40 heavy (non-hydrogen) atoms. The molecule has 8 nitrogen and oxygen atoms in total. The first-order valence-corrected chi connectivity index (χ1v) is 13.3. The Balaban J connectivity index is 1.11. The number of amides is 2. The first-order chi connectivity index (χ1) is 19.6. The molecule has 4 N–H and O–H groups in total. The molecule has 0 spiro atoms. The van der Waals surface area contributed by atoms with Gasteiger partial charge in [0.25, 0.3) is 0 Å². The Bertz CT molecular complexity index is 1600. The molecule has 6 rings (SSSR count). The van der Waals surface area contributed by atoms with E-state index in [0.29, 0.717) is 24.2 Å². The first-order valence-electron chi connectivity index (χ1n) is 13.3. The van der Waals surface area contributed by atoms with E-state index in [1.54, 1.807) is 0 Å². The Labute approximate surface area is 230 Å². The quantitative estimate of drug-likeness (QED) is 0.163. The fourth-order valence-electron chi connectivity index (χ4n) is 4.73. The first kappa shape index (κ1) is 25.1. The molecule has 0 fully saturated rings. The second kappa shape index (κ2) is 10.9. The number of hydrogen-bond donors (Lipinski definition) is 4. The third kappa shape index (κ3) is 5.19. The van der Waals surface area contributed by atoms with Crippen molar-refractivity contribution in [3.05, 3.63) is 97.1 Å². The normalized spacial score (nSPS) is 11.2. The van der Waals surface area contributed by atoms with Crippen molar-refractivity contribution in [1.82, 2.24) is 19.9 Å². The van der Waals surface area contributed by atoms with Gasteiger partial charge in [-0.1, -0.05) is 37.6 Å². The predicted molar refractivity (Wildman–Crippen MR) is 159 cm³/mol. The van der Waals surface area contributed by atoms with Crippen LogP contribution < -0.4 is 10.6 Å². The van der Waals surface area contributed by atoms with E-state index in [-0.39, 0.29) is 11.8 Å². The van der Waals surface area contributed by atoms with Gasteiger partial charge >= 0.3 is 0 Å². The number of carbonyl (C=O) groups excluding carboxylic acids is 2. The van der Waals surface area contributed by atoms with Crippen LogP contribution in [0.5, 0.6) is 0 Å². The van der Waals surface area contributed by atoms with Gasteiger partial charge in [-0.3, -0.25) is 9.59 Å². The van der Waals surface area contributed by atoms with Gasteiger partial charge in [-0.25, -0.2) is 9.97 Å². The Morgan fingerprint density at radius 1 is 0.650 bits per heavy atom. The van der Waals surface area contributed by atoms with E-state index in [1.807, 2.05) is 104 Å². The van der Waals surface area contributed by atoms with Crippen molar-refractivity contribution in [3.8, 4) is 22.8 Å². The molecular formula is C32H28N6O2. The molecule has 0 aliphatic heterocycles. The summed E-state index contributed by atoms with van der Waals surface area (Å²) in [5.41, 5.74) is 6.77. The van der Waals surface area contributed by atoms with Gasteiger partial charge in [0, 0.05) is 22.5 Å². The lowest BCUT2D eigenvalue weighted by atomic mass is 10.0. The second-order valence-electron chi connectivity index (χ2n) is 9.68. The van der Waals surface area contributed by atoms with Gasteiger partial charge in [0.2, 0.25) is 11.8 Å². The molecule has 0 unspecified atom stereocenters. The van der Waals surface area contributed by atoms with E-state index >= 15 is 0 Å². The molecule has 0 aliphatic rings. The average molecular weight is 529 g/mol. The molecule has 4 aromatic carbocycles. The van der Waals surface area contributed by atoms with Crippen molar-refractivity contribution in [2.45, 2.75) is 19.8 Å². The van der Waals surface area contributed by atoms with E-state index in [2.05, 4.69) is 30.6 Å². The number of H-pyrrole nitrogens is 2. The summed E-state index contributed by atoms with van der Waals surface area (Å²) in [4.78, 5) is 42.1. The molecule has 8 heteroatoms. The van der Waals surface area contributed by atoms with Crippen LogP contribution in [0.1, 0.15) is 19.8 Å². The zero-order valence-electron chi connectivity index (χ0n) is 21.9. The largest absolute Gasteiger partial charge is 0.338 e. The fourth-order valence-corrected chi connectivity index (χ4v) is 4.73. The molecule has 2 amide bonds. The Kier molecular flexibility index (Phi) is 6.80. The predicted octanol–water partition coefficient (Wildman–Crippen LogP) is 6.77. The summed E-state index contributed by atoms with van der Waals surface area (Å²) in [5.74, 6) is 0.0156. The lowest BCUT2D eigenvalue weighted by molar-refractivity contribution is -0.129. The van der Waals surface area contributed by atoms with Crippen LogP contribution in [-0.4, -0.2) is 31.8 Å². The molecule has 198 valence electrons. The van der Waals surface area contributed by atoms with Gasteiger partial charge in [-0.15, -0.1) is 0 Å². The minimum Gasteiger partial charge on any atom is -0.338 e. The number of hydrogen-bond acceptors (Lipinski definition) is 4. The topological polar surface area (TPSA) is 116 Å². The van der Waals surface area contributed by atoms with Crippen molar-refractivity contribution in [1.29, 1.82) is 0 Å². The monoisotopic (exact) mass is 528 g/mol. The van der Waals surface area contributed by atoms with E-state index in [0.717, 1.165) is 44.8 Å². The van der Waals surface area contributed by atoms with Gasteiger partial charge in [0.15, 0.2) is 0 Å². The maximum Gasteiger partial charge on any atom is 0.236 e. The van der Waals surface area contributed by atoms with Crippen molar-refractivity contribution in [2.75, 3.05) is 10.6 Å². The number of aromatic nitrogens is 4. The van der Waals surface area contributed by atoms with Gasteiger partial charge in [-0.05, 0) is 79.2 Å². The zero-order valence-corrected chi connectivity index (χ0v) is 21.9. The van der Waals surface area contributed by atoms with Gasteiger partial charge < -0.3 is 20.6 Å². The molecule has 0 radical (unpaired) electrons. The van der Waals surface area contributed by atoms with E-state index in [1.165, 1.54) is 0 Å². The highest BCUT2D eigenvalue weighted by molar-refractivity contribution is 6.10. The van der Waals surface area contributed by atoms with Crippen LogP contribution >= 0.6 is 0 Å². The number of benzene rings is 4. The fraction of sp³-hybridized carbons (Fsp3) is 0.125. The number of anilines is 2. The standard InChI is InChI=1S/C32H28N6O2/c1-2-7-24(31(39)33-22-16-12-20(13-17-22)29-35-25-8-3-4-9-26(25)36-29)32(40)34-23-18-14-21(15-19-23)30-37-27-10-5-6-11-28(27)38-30/h3-6,8-19,24H,2,7H2,1H3,(H,33,39)(H,34,40)(H,35,36)(H,37,38). The molecule has 0 saturated carbocycles. The molecule has 0 saturated heterocycles. The number of para-hydroxylation sites is 4. The van der Waals surface area contributed by atoms with E-state index < -0.39 is 5.92 Å². The number of fused-ring (bicyclic) bond motifs is 2. The second-order valence-corrected chi connectivity index (χ2v) is 9.68. The molecule has 6 aromatic rings. The third-order valence-corrected chi connectivity index (χ3v) is 6.84. The minimum atomic E-state index is -0.824. The third-order valence-electron chi connectivity index (χ3n) is 6.84. The van der Waals surface area contributed by atoms with Crippen molar-refractivity contribution < 1.29 is 9.59 Å². The van der Waals surface area contributed by atoms with Crippen molar-refractivity contribution in [3.63, 3.8) is 0 Å². The molecule has 0 bridgehead atoms. The summed E-state index contributed by atoms with van der Waals surface area (Å²) >= 11 is 0. The summed E-state index contributed by atoms with van der Waals surface area (Å²) < 4.78 is 0. The van der Waals surface area contributed by atoms with Crippen molar-refractivity contribution in [2.24, 2.45) is 5.92 Å². The average Bonchev–Trinajstić information content (AvgIpc) is 3.61. The van der Waals surface area contributed by atoms with Crippen LogP contribution in [0.25, 0.3) is 44.8 Å². The van der Waals surface area contributed by atoms with Gasteiger partial charge in [-0.2, -0.15) is 0 Å². The van der Waals surface area contributed by atoms with Gasteiger partial charge in [0.1, 0.15) is 17.6 Å². The van der Waals surface area contributed by atoms with Crippen molar-refractivity contribution >= 4 is 45.3 Å². The highest BCUT2D eigenvalue weighted by Gasteiger charge is 2.26. The lowest BCUT2D eigenvalue weighted by Crippen LogP contribution is -2.33. The number of nitrogens with one attached hydrogen (secondary N) is 4.